The van der Waals surface area contributed by atoms with E-state index in [0.717, 1.165) is 0 Å². The molecular formula is C19H38O3Si2. The van der Waals surface area contributed by atoms with Crippen LogP contribution < -0.4 is 0 Å². The van der Waals surface area contributed by atoms with Crippen molar-refractivity contribution in [2.24, 2.45) is 5.92 Å². The monoisotopic (exact) mass is 370 g/mol. The maximum absolute atomic E-state index is 11.9. The lowest BCUT2D eigenvalue weighted by Gasteiger charge is -2.42. The van der Waals surface area contributed by atoms with Crippen molar-refractivity contribution < 1.29 is 13.6 Å². The molecule has 0 aromatic rings. The highest BCUT2D eigenvalue weighted by Gasteiger charge is 2.42. The standard InChI is InChI=1S/C19H38O3Si2/c1-18(2,3)23(7,8)21-14-15-13-16(20)11-12-17(15)22-24(9,10)19(4,5)6/h11-12,15,17H,13-14H2,1-10H3/t15-,17-/m1/s1. The number of allylic oxidation sites excluding steroid dienone is 1. The van der Waals surface area contributed by atoms with E-state index in [9.17, 15) is 4.79 Å². The Kier molecular flexibility index (Phi) is 6.52. The Morgan fingerprint density at radius 3 is 1.96 bits per heavy atom. The SMILES string of the molecule is CC(C)(C)[Si](C)(C)OC[C@H]1CC(=O)C=C[C@H]1O[Si](C)(C)C(C)(C)C. The van der Waals surface area contributed by atoms with Gasteiger partial charge < -0.3 is 8.85 Å². The van der Waals surface area contributed by atoms with Gasteiger partial charge in [-0.2, -0.15) is 0 Å². The molecule has 0 radical (unpaired) electrons. The molecule has 3 nitrogen and oxygen atoms in total. The van der Waals surface area contributed by atoms with Crippen LogP contribution in [-0.2, 0) is 13.6 Å². The highest BCUT2D eigenvalue weighted by Crippen LogP contribution is 2.40. The summed E-state index contributed by atoms with van der Waals surface area (Å²) in [4.78, 5) is 11.9. The van der Waals surface area contributed by atoms with E-state index < -0.39 is 16.6 Å². The van der Waals surface area contributed by atoms with E-state index in [0.29, 0.717) is 13.0 Å². The van der Waals surface area contributed by atoms with E-state index in [1.54, 1.807) is 6.08 Å². The number of hydrogen-bond acceptors (Lipinski definition) is 3. The first kappa shape index (κ1) is 21.8. The summed E-state index contributed by atoms with van der Waals surface area (Å²) >= 11 is 0. The van der Waals surface area contributed by atoms with E-state index in [1.807, 2.05) is 6.08 Å². The molecule has 140 valence electrons. The summed E-state index contributed by atoms with van der Waals surface area (Å²) in [7, 11) is -3.69. The smallest absolute Gasteiger partial charge is 0.192 e. The quantitative estimate of drug-likeness (QED) is 0.596. The molecule has 0 aliphatic heterocycles. The molecule has 0 saturated heterocycles. The fraction of sp³-hybridized carbons (Fsp3) is 0.842. The summed E-state index contributed by atoms with van der Waals surface area (Å²) in [6, 6.07) is 0. The summed E-state index contributed by atoms with van der Waals surface area (Å²) in [6.07, 6.45) is 4.19. The first-order valence-electron chi connectivity index (χ1n) is 9.10. The van der Waals surface area contributed by atoms with Crippen LogP contribution >= 0.6 is 0 Å². The summed E-state index contributed by atoms with van der Waals surface area (Å²) in [5.41, 5.74) is 0. The fourth-order valence-electron chi connectivity index (χ4n) is 2.14. The van der Waals surface area contributed by atoms with Gasteiger partial charge in [-0.3, -0.25) is 4.79 Å². The molecule has 1 aliphatic rings. The summed E-state index contributed by atoms with van der Waals surface area (Å²) < 4.78 is 13.0. The predicted molar refractivity (Wildman–Crippen MR) is 107 cm³/mol. The second-order valence-electron chi connectivity index (χ2n) is 10.2. The largest absolute Gasteiger partial charge is 0.416 e. The Hall–Kier alpha value is -0.236. The first-order chi connectivity index (χ1) is 10.6. The molecule has 24 heavy (non-hydrogen) atoms. The molecular weight excluding hydrogens is 332 g/mol. The van der Waals surface area contributed by atoms with Crippen molar-refractivity contribution >= 4 is 22.4 Å². The van der Waals surface area contributed by atoms with Gasteiger partial charge in [0.05, 0.1) is 6.10 Å². The van der Waals surface area contributed by atoms with Crippen LogP contribution in [-0.4, -0.2) is 35.1 Å². The number of ketones is 1. The van der Waals surface area contributed by atoms with Gasteiger partial charge >= 0.3 is 0 Å². The van der Waals surface area contributed by atoms with Crippen molar-refractivity contribution in [3.05, 3.63) is 12.2 Å². The van der Waals surface area contributed by atoms with Crippen LogP contribution in [0.15, 0.2) is 12.2 Å². The Morgan fingerprint density at radius 1 is 1.00 bits per heavy atom. The van der Waals surface area contributed by atoms with Crippen molar-refractivity contribution in [2.75, 3.05) is 6.61 Å². The van der Waals surface area contributed by atoms with Crippen molar-refractivity contribution in [3.8, 4) is 0 Å². The number of hydrogen-bond donors (Lipinski definition) is 0. The average molecular weight is 371 g/mol. The third-order valence-electron chi connectivity index (χ3n) is 6.10. The van der Waals surface area contributed by atoms with E-state index in [-0.39, 0.29) is 27.9 Å². The average Bonchev–Trinajstić information content (AvgIpc) is 2.36. The summed E-state index contributed by atoms with van der Waals surface area (Å²) in [5, 5.41) is 0.338. The molecule has 2 atom stereocenters. The van der Waals surface area contributed by atoms with Crippen LogP contribution in [0.25, 0.3) is 0 Å². The van der Waals surface area contributed by atoms with E-state index in [4.69, 9.17) is 8.85 Å². The fourth-order valence-corrected chi connectivity index (χ4v) is 4.51. The minimum atomic E-state index is -1.87. The van der Waals surface area contributed by atoms with Crippen LogP contribution in [0.4, 0.5) is 0 Å². The zero-order valence-electron chi connectivity index (χ0n) is 17.4. The lowest BCUT2D eigenvalue weighted by molar-refractivity contribution is -0.117. The Bertz CT molecular complexity index is 482. The Balaban J connectivity index is 2.87. The molecule has 5 heteroatoms. The van der Waals surface area contributed by atoms with Gasteiger partial charge in [0.25, 0.3) is 0 Å². The van der Waals surface area contributed by atoms with Crippen molar-refractivity contribution in [3.63, 3.8) is 0 Å². The van der Waals surface area contributed by atoms with Crippen molar-refractivity contribution in [1.82, 2.24) is 0 Å². The minimum absolute atomic E-state index is 0.00615. The topological polar surface area (TPSA) is 35.5 Å². The molecule has 0 saturated carbocycles. The number of carbonyl (C=O) groups is 1. The van der Waals surface area contributed by atoms with Crippen LogP contribution in [0.3, 0.4) is 0 Å². The molecule has 0 fully saturated rings. The normalized spacial score (nSPS) is 23.7. The lowest BCUT2D eigenvalue weighted by Crippen LogP contribution is -2.48. The highest BCUT2D eigenvalue weighted by molar-refractivity contribution is 6.74. The van der Waals surface area contributed by atoms with Gasteiger partial charge in [0, 0.05) is 18.9 Å². The van der Waals surface area contributed by atoms with E-state index in [1.165, 1.54) is 0 Å². The van der Waals surface area contributed by atoms with Gasteiger partial charge in [-0.25, -0.2) is 0 Å². The predicted octanol–water partition coefficient (Wildman–Crippen LogP) is 5.54. The summed E-state index contributed by atoms with van der Waals surface area (Å²) in [6.45, 7) is 23.2. The highest BCUT2D eigenvalue weighted by atomic mass is 28.4. The van der Waals surface area contributed by atoms with Crippen molar-refractivity contribution in [1.29, 1.82) is 0 Å². The number of carbonyl (C=O) groups excluding carboxylic acids is 1. The third-order valence-corrected chi connectivity index (χ3v) is 15.1. The van der Waals surface area contributed by atoms with Gasteiger partial charge in [0.15, 0.2) is 22.4 Å². The maximum atomic E-state index is 11.9. The van der Waals surface area contributed by atoms with Gasteiger partial charge in [0.2, 0.25) is 0 Å². The molecule has 0 aromatic heterocycles. The second-order valence-corrected chi connectivity index (χ2v) is 19.8. The molecule has 0 bridgehead atoms. The molecule has 1 aliphatic carbocycles. The van der Waals surface area contributed by atoms with E-state index in [2.05, 4.69) is 67.7 Å². The summed E-state index contributed by atoms with van der Waals surface area (Å²) in [5.74, 6) is 0.319. The lowest BCUT2D eigenvalue weighted by atomic mass is 9.92. The molecule has 0 aromatic carbocycles. The zero-order valence-corrected chi connectivity index (χ0v) is 19.4. The molecule has 0 amide bonds. The van der Waals surface area contributed by atoms with Gasteiger partial charge in [-0.1, -0.05) is 47.6 Å². The zero-order chi connectivity index (χ0) is 19.0. The molecule has 0 spiro atoms. The van der Waals surface area contributed by atoms with Crippen LogP contribution in [0.5, 0.6) is 0 Å². The molecule has 0 N–H and O–H groups in total. The maximum Gasteiger partial charge on any atom is 0.192 e. The second kappa shape index (κ2) is 7.18. The van der Waals surface area contributed by atoms with Crippen molar-refractivity contribution in [2.45, 2.75) is 90.3 Å². The molecule has 1 rings (SSSR count). The molecule has 0 unspecified atom stereocenters. The van der Waals surface area contributed by atoms with Gasteiger partial charge in [0.1, 0.15) is 0 Å². The number of rotatable bonds is 5. The van der Waals surface area contributed by atoms with E-state index >= 15 is 0 Å². The van der Waals surface area contributed by atoms with Gasteiger partial charge in [-0.05, 0) is 42.3 Å². The minimum Gasteiger partial charge on any atom is -0.416 e. The van der Waals surface area contributed by atoms with Crippen LogP contribution in [0, 0.1) is 5.92 Å². The van der Waals surface area contributed by atoms with Crippen LogP contribution in [0.2, 0.25) is 36.3 Å². The Labute approximate surface area is 151 Å². The Morgan fingerprint density at radius 2 is 1.50 bits per heavy atom. The first-order valence-corrected chi connectivity index (χ1v) is 14.9. The van der Waals surface area contributed by atoms with Crippen LogP contribution in [0.1, 0.15) is 48.0 Å². The molecule has 0 heterocycles. The third kappa shape index (κ3) is 5.38. The van der Waals surface area contributed by atoms with Gasteiger partial charge in [-0.15, -0.1) is 0 Å².